The lowest BCUT2D eigenvalue weighted by molar-refractivity contribution is 0.0599. The van der Waals surface area contributed by atoms with E-state index in [1.165, 1.54) is 7.11 Å². The molecule has 1 rings (SSSR count). The molecule has 1 aromatic rings. The average Bonchev–Trinajstić information content (AvgIpc) is 2.16. The molecule has 0 aromatic carbocycles. The topological polar surface area (TPSA) is 65.2 Å². The van der Waals surface area contributed by atoms with Crippen molar-refractivity contribution in [1.29, 1.82) is 0 Å². The Hall–Kier alpha value is -1.13. The van der Waals surface area contributed by atoms with E-state index in [2.05, 4.69) is 9.72 Å². The highest BCUT2D eigenvalue weighted by atomic mass is 35.5. The summed E-state index contributed by atoms with van der Waals surface area (Å²) in [5.74, 6) is -0.367. The van der Waals surface area contributed by atoms with E-state index in [0.717, 1.165) is 5.69 Å². The molecular weight excluding hydrogens is 204 g/mol. The molecule has 5 heteroatoms. The van der Waals surface area contributed by atoms with Crippen LogP contribution in [0, 0.1) is 6.92 Å². The molecule has 0 fully saturated rings. The summed E-state index contributed by atoms with van der Waals surface area (Å²) in [6, 6.07) is 3.40. The second-order valence-electron chi connectivity index (χ2n) is 2.63. The molecule has 4 nitrogen and oxygen atoms in total. The van der Waals surface area contributed by atoms with Gasteiger partial charge in [-0.1, -0.05) is 0 Å². The first-order chi connectivity index (χ1) is 6.19. The second-order valence-corrected chi connectivity index (χ2v) is 2.63. The molecule has 0 amide bonds. The number of aryl methyl sites for hydroxylation is 1. The fourth-order valence-electron chi connectivity index (χ4n) is 1.05. The first-order valence-electron chi connectivity index (χ1n) is 3.94. The Kier molecular flexibility index (Phi) is 5.12. The Morgan fingerprint density at radius 1 is 1.57 bits per heavy atom. The number of rotatable bonds is 2. The highest BCUT2D eigenvalue weighted by Gasteiger charge is 2.09. The minimum absolute atomic E-state index is 0. The summed E-state index contributed by atoms with van der Waals surface area (Å²) >= 11 is 0. The maximum absolute atomic E-state index is 11.1. The summed E-state index contributed by atoms with van der Waals surface area (Å²) in [6.07, 6.45) is 0. The van der Waals surface area contributed by atoms with Crippen molar-refractivity contribution >= 4 is 18.4 Å². The number of ether oxygens (including phenoxy) is 1. The highest BCUT2D eigenvalue weighted by Crippen LogP contribution is 2.07. The molecular formula is C9H13ClN2O2. The third-order valence-electron chi connectivity index (χ3n) is 1.76. The molecule has 1 aromatic heterocycles. The third-order valence-corrected chi connectivity index (χ3v) is 1.76. The molecule has 14 heavy (non-hydrogen) atoms. The molecule has 2 N–H and O–H groups in total. The molecule has 0 radical (unpaired) electrons. The molecule has 0 atom stereocenters. The lowest BCUT2D eigenvalue weighted by Gasteiger charge is -2.04. The Morgan fingerprint density at radius 2 is 2.21 bits per heavy atom. The van der Waals surface area contributed by atoms with Crippen LogP contribution in [0.1, 0.15) is 21.7 Å². The molecule has 0 bridgehead atoms. The van der Waals surface area contributed by atoms with Crippen molar-refractivity contribution in [1.82, 2.24) is 4.98 Å². The van der Waals surface area contributed by atoms with Crippen LogP contribution in [-0.2, 0) is 11.3 Å². The second kappa shape index (κ2) is 5.57. The van der Waals surface area contributed by atoms with Crippen LogP contribution in [0.25, 0.3) is 0 Å². The predicted molar refractivity (Wildman–Crippen MR) is 55.5 cm³/mol. The van der Waals surface area contributed by atoms with Gasteiger partial charge in [-0.2, -0.15) is 0 Å². The SMILES string of the molecule is COC(=O)c1ccc(CN)nc1C.Cl. The summed E-state index contributed by atoms with van der Waals surface area (Å²) in [7, 11) is 1.35. The van der Waals surface area contributed by atoms with Crippen LogP contribution < -0.4 is 5.73 Å². The van der Waals surface area contributed by atoms with Crippen LogP contribution in [0.15, 0.2) is 12.1 Å². The smallest absolute Gasteiger partial charge is 0.339 e. The van der Waals surface area contributed by atoms with Gasteiger partial charge in [-0.15, -0.1) is 12.4 Å². The number of carbonyl (C=O) groups is 1. The lowest BCUT2D eigenvalue weighted by atomic mass is 10.2. The molecule has 0 aliphatic heterocycles. The van der Waals surface area contributed by atoms with Crippen molar-refractivity contribution in [2.75, 3.05) is 7.11 Å². The largest absolute Gasteiger partial charge is 0.465 e. The molecule has 78 valence electrons. The van der Waals surface area contributed by atoms with Crippen LogP contribution in [0.4, 0.5) is 0 Å². The van der Waals surface area contributed by atoms with Gasteiger partial charge in [-0.05, 0) is 19.1 Å². The van der Waals surface area contributed by atoms with Gasteiger partial charge in [0.05, 0.1) is 24.1 Å². The zero-order valence-electron chi connectivity index (χ0n) is 8.11. The minimum Gasteiger partial charge on any atom is -0.465 e. The first kappa shape index (κ1) is 12.9. The lowest BCUT2D eigenvalue weighted by Crippen LogP contribution is -2.08. The normalized spacial score (nSPS) is 9.07. The summed E-state index contributed by atoms with van der Waals surface area (Å²) in [5.41, 5.74) is 7.30. The van der Waals surface area contributed by atoms with E-state index in [-0.39, 0.29) is 18.4 Å². The molecule has 0 saturated carbocycles. The Bertz CT molecular complexity index is 329. The van der Waals surface area contributed by atoms with Gasteiger partial charge in [0.1, 0.15) is 0 Å². The Morgan fingerprint density at radius 3 is 2.64 bits per heavy atom. The number of nitrogens with zero attached hydrogens (tertiary/aromatic N) is 1. The predicted octanol–water partition coefficient (Wildman–Crippen LogP) is 1.06. The third kappa shape index (κ3) is 2.68. The summed E-state index contributed by atoms with van der Waals surface area (Å²) in [4.78, 5) is 15.3. The van der Waals surface area contributed by atoms with Crippen molar-refractivity contribution < 1.29 is 9.53 Å². The van der Waals surface area contributed by atoms with E-state index < -0.39 is 0 Å². The van der Waals surface area contributed by atoms with Gasteiger partial charge in [-0.25, -0.2) is 4.79 Å². The highest BCUT2D eigenvalue weighted by molar-refractivity contribution is 5.90. The molecule has 0 saturated heterocycles. The number of methoxy groups -OCH3 is 1. The van der Waals surface area contributed by atoms with Crippen molar-refractivity contribution in [3.05, 3.63) is 29.1 Å². The number of halogens is 1. The van der Waals surface area contributed by atoms with E-state index in [9.17, 15) is 4.79 Å². The quantitative estimate of drug-likeness (QED) is 0.751. The van der Waals surface area contributed by atoms with Gasteiger partial charge in [0, 0.05) is 6.54 Å². The minimum atomic E-state index is -0.367. The van der Waals surface area contributed by atoms with Crippen molar-refractivity contribution in [2.45, 2.75) is 13.5 Å². The van der Waals surface area contributed by atoms with Crippen molar-refractivity contribution in [2.24, 2.45) is 5.73 Å². The van der Waals surface area contributed by atoms with E-state index >= 15 is 0 Å². The number of pyridine rings is 1. The summed E-state index contributed by atoms with van der Waals surface area (Å²) < 4.78 is 4.58. The summed E-state index contributed by atoms with van der Waals surface area (Å²) in [5, 5.41) is 0. The Balaban J connectivity index is 0.00000169. The number of hydrogen-bond acceptors (Lipinski definition) is 4. The van der Waals surface area contributed by atoms with Crippen LogP contribution in [0.2, 0.25) is 0 Å². The van der Waals surface area contributed by atoms with Gasteiger partial charge in [-0.3, -0.25) is 4.98 Å². The zero-order chi connectivity index (χ0) is 9.84. The van der Waals surface area contributed by atoms with Gasteiger partial charge in [0.25, 0.3) is 0 Å². The van der Waals surface area contributed by atoms with Gasteiger partial charge < -0.3 is 10.5 Å². The summed E-state index contributed by atoms with van der Waals surface area (Å²) in [6.45, 7) is 2.13. The number of esters is 1. The number of aromatic nitrogens is 1. The number of hydrogen-bond donors (Lipinski definition) is 1. The van der Waals surface area contributed by atoms with Crippen LogP contribution in [0.3, 0.4) is 0 Å². The van der Waals surface area contributed by atoms with Crippen molar-refractivity contribution in [3.63, 3.8) is 0 Å². The fourth-order valence-corrected chi connectivity index (χ4v) is 1.05. The van der Waals surface area contributed by atoms with E-state index in [1.807, 2.05) is 0 Å². The van der Waals surface area contributed by atoms with E-state index in [4.69, 9.17) is 5.73 Å². The monoisotopic (exact) mass is 216 g/mol. The molecule has 0 aliphatic carbocycles. The average molecular weight is 217 g/mol. The first-order valence-corrected chi connectivity index (χ1v) is 3.94. The standard InChI is InChI=1S/C9H12N2O2.ClH/c1-6-8(9(12)13-2)4-3-7(5-10)11-6;/h3-4H,5,10H2,1-2H3;1H. The zero-order valence-corrected chi connectivity index (χ0v) is 8.93. The van der Waals surface area contributed by atoms with Gasteiger partial charge >= 0.3 is 5.97 Å². The van der Waals surface area contributed by atoms with E-state index in [1.54, 1.807) is 19.1 Å². The van der Waals surface area contributed by atoms with Crippen LogP contribution >= 0.6 is 12.4 Å². The van der Waals surface area contributed by atoms with Gasteiger partial charge in [0.2, 0.25) is 0 Å². The maximum Gasteiger partial charge on any atom is 0.339 e. The Labute approximate surface area is 88.9 Å². The molecule has 0 aliphatic rings. The van der Waals surface area contributed by atoms with Gasteiger partial charge in [0.15, 0.2) is 0 Å². The van der Waals surface area contributed by atoms with E-state index in [0.29, 0.717) is 17.8 Å². The molecule has 0 unspecified atom stereocenters. The molecule has 1 heterocycles. The van der Waals surface area contributed by atoms with Crippen LogP contribution in [-0.4, -0.2) is 18.1 Å². The fraction of sp³-hybridized carbons (Fsp3) is 0.333. The number of nitrogens with two attached hydrogens (primary N) is 1. The van der Waals surface area contributed by atoms with Crippen molar-refractivity contribution in [3.8, 4) is 0 Å². The molecule has 0 spiro atoms. The number of carbonyl (C=O) groups excluding carboxylic acids is 1. The van der Waals surface area contributed by atoms with Crippen LogP contribution in [0.5, 0.6) is 0 Å². The maximum atomic E-state index is 11.1.